The predicted octanol–water partition coefficient (Wildman–Crippen LogP) is 8.54. The molecule has 4 aromatic carbocycles. The van der Waals surface area contributed by atoms with Crippen LogP contribution >= 0.6 is 0 Å². The summed E-state index contributed by atoms with van der Waals surface area (Å²) < 4.78 is 8.07. The van der Waals surface area contributed by atoms with Crippen LogP contribution in [0.25, 0.3) is 32.8 Å². The second-order valence-electron chi connectivity index (χ2n) is 13.1. The van der Waals surface area contributed by atoms with Crippen LogP contribution in [0.5, 0.6) is 0 Å². The van der Waals surface area contributed by atoms with Crippen molar-refractivity contribution < 1.29 is 14.4 Å². The maximum Gasteiger partial charge on any atom is 0.225 e. The fourth-order valence-electron chi connectivity index (χ4n) is 7.47. The van der Waals surface area contributed by atoms with Gasteiger partial charge >= 0.3 is 0 Å². The number of aliphatic hydroxyl groups excluding tert-OH is 1. The van der Waals surface area contributed by atoms with Crippen LogP contribution in [-0.2, 0) is 11.2 Å². The number of fused-ring (bicyclic) bond motifs is 2. The molecule has 7 rings (SSSR count). The fraction of sp³-hybridized carbons (Fsp3) is 0.289. The number of benzene rings is 4. The van der Waals surface area contributed by atoms with E-state index in [-0.39, 0.29) is 24.0 Å². The average molecular weight is 556 g/mol. The third-order valence-electron chi connectivity index (χ3n) is 8.96. The molecule has 2 atom stereocenters. The number of ether oxygens (including phenoxy) is 1. The van der Waals surface area contributed by atoms with Crippen LogP contribution in [0.3, 0.4) is 0 Å². The number of hydrogen-bond donors (Lipinski definition) is 1. The summed E-state index contributed by atoms with van der Waals surface area (Å²) in [5, 5.41) is 15.5. The molecule has 4 nitrogen and oxygen atoms in total. The Morgan fingerprint density at radius 3 is 2.45 bits per heavy atom. The van der Waals surface area contributed by atoms with Crippen molar-refractivity contribution in [2.24, 2.45) is 5.41 Å². The van der Waals surface area contributed by atoms with Crippen molar-refractivity contribution in [3.8, 4) is 11.3 Å². The van der Waals surface area contributed by atoms with Crippen molar-refractivity contribution in [3.05, 3.63) is 108 Å². The summed E-state index contributed by atoms with van der Waals surface area (Å²) >= 11 is 0. The number of pyridine rings is 1. The van der Waals surface area contributed by atoms with Crippen molar-refractivity contribution in [3.63, 3.8) is 0 Å². The highest BCUT2D eigenvalue weighted by Gasteiger charge is 2.47. The number of methoxy groups -OCH3 is 1. The Bertz CT molecular complexity index is 1850. The van der Waals surface area contributed by atoms with Gasteiger partial charge in [-0.05, 0) is 69.8 Å². The lowest BCUT2D eigenvalue weighted by atomic mass is 9.73. The summed E-state index contributed by atoms with van der Waals surface area (Å²) in [6.07, 6.45) is 4.04. The van der Waals surface area contributed by atoms with Gasteiger partial charge in [0.1, 0.15) is 0 Å². The van der Waals surface area contributed by atoms with E-state index in [1.54, 1.807) is 7.11 Å². The topological polar surface area (TPSA) is 36.6 Å². The van der Waals surface area contributed by atoms with E-state index in [9.17, 15) is 5.11 Å². The highest BCUT2D eigenvalue weighted by Crippen LogP contribution is 2.58. The minimum Gasteiger partial charge on any atom is -0.392 e. The molecule has 212 valence electrons. The first-order valence-corrected chi connectivity index (χ1v) is 15.0. The quantitative estimate of drug-likeness (QED) is 0.158. The van der Waals surface area contributed by atoms with E-state index < -0.39 is 0 Å². The van der Waals surface area contributed by atoms with E-state index in [4.69, 9.17) is 4.74 Å². The van der Waals surface area contributed by atoms with Crippen molar-refractivity contribution in [2.45, 2.75) is 45.6 Å². The lowest BCUT2D eigenvalue weighted by molar-refractivity contribution is -0.708. The Kier molecular flexibility index (Phi) is 6.45. The Balaban J connectivity index is 1.66. The third kappa shape index (κ3) is 4.16. The molecule has 0 saturated carbocycles. The highest BCUT2D eigenvalue weighted by atomic mass is 16.5. The maximum atomic E-state index is 10.5. The number of aliphatic hydroxyl groups is 1. The van der Waals surface area contributed by atoms with E-state index in [2.05, 4.69) is 122 Å². The molecule has 0 fully saturated rings. The predicted molar refractivity (Wildman–Crippen MR) is 173 cm³/mol. The van der Waals surface area contributed by atoms with Gasteiger partial charge in [-0.3, -0.25) is 0 Å². The summed E-state index contributed by atoms with van der Waals surface area (Å²) in [5.41, 5.74) is 9.72. The molecular formula is C38H39N2O2+. The summed E-state index contributed by atoms with van der Waals surface area (Å²) in [5.74, 6) is 0.0961. The van der Waals surface area contributed by atoms with Crippen molar-refractivity contribution in [1.82, 2.24) is 0 Å². The second-order valence-corrected chi connectivity index (χ2v) is 13.1. The number of anilines is 3. The second kappa shape index (κ2) is 10.1. The first-order valence-electron chi connectivity index (χ1n) is 15.0. The van der Waals surface area contributed by atoms with Crippen LogP contribution in [0.2, 0.25) is 0 Å². The molecule has 2 aliphatic rings. The molecule has 4 heteroatoms. The molecule has 3 heterocycles. The first kappa shape index (κ1) is 26.9. The van der Waals surface area contributed by atoms with E-state index >= 15 is 0 Å². The third-order valence-corrected chi connectivity index (χ3v) is 8.96. The largest absolute Gasteiger partial charge is 0.392 e. The SMILES string of the molecule is C=C(CO)C1C(CCOC)c2c3c(cc4ccccc24)N(c2ccccc2)c2cc(CC(C)(C)C)cc4cc[n+]1c-3c24. The number of rotatable bonds is 7. The van der Waals surface area contributed by atoms with Crippen LogP contribution < -0.4 is 9.47 Å². The number of hydrogen-bond acceptors (Lipinski definition) is 3. The van der Waals surface area contributed by atoms with Gasteiger partial charge < -0.3 is 14.7 Å². The average Bonchev–Trinajstić information content (AvgIpc) is 2.98. The summed E-state index contributed by atoms with van der Waals surface area (Å²) in [7, 11) is 1.77. The maximum absolute atomic E-state index is 10.5. The first-order chi connectivity index (χ1) is 20.3. The smallest absolute Gasteiger partial charge is 0.225 e. The zero-order valence-electron chi connectivity index (χ0n) is 25.0. The standard InChI is InChI=1S/C38H39N2O2/c1-24(23-41)36-30(16-18-42-5)34-29-14-10-9-11-26(29)21-32-35(34)37-33-27(15-17-39(36)37)19-25(22-38(2,3)4)20-31(33)40(32)28-12-7-6-8-13-28/h6-15,17,19-21,30,36,41H,1,16,18,22-23H2,2-5H3/q+1. The van der Waals surface area contributed by atoms with Crippen LogP contribution in [0, 0.1) is 5.41 Å². The number of aromatic nitrogens is 1. The molecule has 42 heavy (non-hydrogen) atoms. The summed E-state index contributed by atoms with van der Waals surface area (Å²) in [4.78, 5) is 2.48. The minimum absolute atomic E-state index is 0.0564. The van der Waals surface area contributed by atoms with Gasteiger partial charge in [0.05, 0.1) is 34.8 Å². The van der Waals surface area contributed by atoms with E-state index in [1.165, 1.54) is 55.3 Å². The van der Waals surface area contributed by atoms with Gasteiger partial charge in [0.25, 0.3) is 0 Å². The molecule has 0 bridgehead atoms. The van der Waals surface area contributed by atoms with Crippen molar-refractivity contribution in [2.75, 3.05) is 25.2 Å². The highest BCUT2D eigenvalue weighted by molar-refractivity contribution is 6.15. The van der Waals surface area contributed by atoms with Crippen LogP contribution in [-0.4, -0.2) is 25.4 Å². The van der Waals surface area contributed by atoms with Gasteiger partial charge in [-0.2, -0.15) is 4.57 Å². The molecule has 1 N–H and O–H groups in total. The normalized spacial score (nSPS) is 17.2. The minimum atomic E-state index is -0.0823. The van der Waals surface area contributed by atoms with Gasteiger partial charge in [0.2, 0.25) is 5.69 Å². The van der Waals surface area contributed by atoms with Gasteiger partial charge in [-0.25, -0.2) is 0 Å². The molecule has 0 saturated heterocycles. The van der Waals surface area contributed by atoms with E-state index in [0.717, 1.165) is 24.1 Å². The van der Waals surface area contributed by atoms with E-state index in [1.807, 2.05) is 0 Å². The molecule has 5 aromatic rings. The Hall–Kier alpha value is -3.99. The Morgan fingerprint density at radius 1 is 0.952 bits per heavy atom. The summed E-state index contributed by atoms with van der Waals surface area (Å²) in [6, 6.07) is 28.9. The van der Waals surface area contributed by atoms with Crippen LogP contribution in [0.15, 0.2) is 97.2 Å². The molecule has 0 aliphatic carbocycles. The molecule has 1 aromatic heterocycles. The van der Waals surface area contributed by atoms with Crippen LogP contribution in [0.1, 0.15) is 50.3 Å². The molecule has 0 spiro atoms. The monoisotopic (exact) mass is 555 g/mol. The van der Waals surface area contributed by atoms with Gasteiger partial charge in [0.15, 0.2) is 12.2 Å². The van der Waals surface area contributed by atoms with Gasteiger partial charge in [-0.15, -0.1) is 0 Å². The molecule has 0 amide bonds. The molecule has 0 radical (unpaired) electrons. The lowest BCUT2D eigenvalue weighted by Crippen LogP contribution is -2.50. The van der Waals surface area contributed by atoms with Crippen LogP contribution in [0.4, 0.5) is 17.1 Å². The molecular weight excluding hydrogens is 516 g/mol. The molecule has 2 aliphatic heterocycles. The van der Waals surface area contributed by atoms with Crippen molar-refractivity contribution >= 4 is 38.6 Å². The Labute approximate surface area is 248 Å². The van der Waals surface area contributed by atoms with Gasteiger partial charge in [-0.1, -0.05) is 75.9 Å². The fourth-order valence-corrected chi connectivity index (χ4v) is 7.47. The summed E-state index contributed by atoms with van der Waals surface area (Å²) in [6.45, 7) is 11.9. The van der Waals surface area contributed by atoms with Gasteiger partial charge in [0, 0.05) is 31.0 Å². The number of para-hydroxylation sites is 1. The van der Waals surface area contributed by atoms with Crippen molar-refractivity contribution in [1.29, 1.82) is 0 Å². The zero-order chi connectivity index (χ0) is 29.2. The lowest BCUT2D eigenvalue weighted by Gasteiger charge is -2.40. The Morgan fingerprint density at radius 2 is 1.71 bits per heavy atom. The number of nitrogens with zero attached hydrogens (tertiary/aromatic N) is 2. The van der Waals surface area contributed by atoms with E-state index in [0.29, 0.717) is 6.61 Å². The zero-order valence-corrected chi connectivity index (χ0v) is 25.0. The molecule has 2 unspecified atom stereocenters.